The molecule has 0 aromatic rings. The van der Waals surface area contributed by atoms with Crippen LogP contribution in [0.4, 0.5) is 0 Å². The number of esters is 2. The van der Waals surface area contributed by atoms with Gasteiger partial charge in [0, 0.05) is 25.8 Å². The zero-order valence-electron chi connectivity index (χ0n) is 33.4. The number of ketones is 1. The van der Waals surface area contributed by atoms with Crippen molar-refractivity contribution in [2.24, 2.45) is 5.73 Å². The van der Waals surface area contributed by atoms with Crippen molar-refractivity contribution in [3.05, 3.63) is 72.9 Å². The summed E-state index contributed by atoms with van der Waals surface area (Å²) in [7, 11) is -4.45. The molecular formula is C43H72NO9P. The number of carbonyl (C=O) groups is 3. The molecule has 0 radical (unpaired) electrons. The molecule has 11 heteroatoms. The van der Waals surface area contributed by atoms with Crippen LogP contribution in [0.5, 0.6) is 0 Å². The van der Waals surface area contributed by atoms with Gasteiger partial charge in [-0.15, -0.1) is 0 Å². The van der Waals surface area contributed by atoms with E-state index in [1.807, 2.05) is 12.2 Å². The summed E-state index contributed by atoms with van der Waals surface area (Å²) in [4.78, 5) is 47.0. The monoisotopic (exact) mass is 777 g/mol. The Morgan fingerprint density at radius 1 is 0.611 bits per heavy atom. The van der Waals surface area contributed by atoms with Gasteiger partial charge >= 0.3 is 19.8 Å². The first kappa shape index (κ1) is 51.1. The number of hydrogen-bond donors (Lipinski definition) is 2. The largest absolute Gasteiger partial charge is 0.472 e. The minimum Gasteiger partial charge on any atom is -0.462 e. The van der Waals surface area contributed by atoms with E-state index in [1.165, 1.54) is 44.6 Å². The molecule has 0 aliphatic carbocycles. The van der Waals surface area contributed by atoms with Crippen LogP contribution in [0.25, 0.3) is 0 Å². The SMILES string of the molecule is CCCCC/C=C\C/C=C\C/C=C\C=C\C(=O)CCCC(=O)O[C@H](COC(=O)CCCCCCC/C=C\C/C=C\CCCCC)COP(=O)(O)OCCN. The summed E-state index contributed by atoms with van der Waals surface area (Å²) in [6.07, 6.45) is 42.2. The molecule has 0 amide bonds. The number of carbonyl (C=O) groups excluding carboxylic acids is 3. The molecule has 0 saturated carbocycles. The second-order valence-corrected chi connectivity index (χ2v) is 14.6. The van der Waals surface area contributed by atoms with E-state index in [9.17, 15) is 23.8 Å². The fraction of sp³-hybridized carbons (Fsp3) is 0.651. The molecule has 0 spiro atoms. The van der Waals surface area contributed by atoms with Crippen molar-refractivity contribution in [2.45, 2.75) is 155 Å². The predicted octanol–water partition coefficient (Wildman–Crippen LogP) is 10.7. The highest BCUT2D eigenvalue weighted by molar-refractivity contribution is 7.47. The zero-order chi connectivity index (χ0) is 39.8. The first-order valence-corrected chi connectivity index (χ1v) is 21.9. The zero-order valence-corrected chi connectivity index (χ0v) is 34.3. The Kier molecular flexibility index (Phi) is 36.3. The summed E-state index contributed by atoms with van der Waals surface area (Å²) in [5, 5.41) is 0. The van der Waals surface area contributed by atoms with Crippen LogP contribution < -0.4 is 5.73 Å². The summed E-state index contributed by atoms with van der Waals surface area (Å²) < 4.78 is 32.5. The van der Waals surface area contributed by atoms with E-state index in [0.717, 1.165) is 64.2 Å². The van der Waals surface area contributed by atoms with E-state index in [0.29, 0.717) is 6.42 Å². The number of allylic oxidation sites excluding steroid dienone is 12. The van der Waals surface area contributed by atoms with Gasteiger partial charge < -0.3 is 20.1 Å². The molecular weight excluding hydrogens is 705 g/mol. The van der Waals surface area contributed by atoms with E-state index >= 15 is 0 Å². The third-order valence-corrected chi connectivity index (χ3v) is 9.03. The number of rotatable bonds is 37. The number of unbranched alkanes of at least 4 members (excludes halogenated alkanes) is 11. The van der Waals surface area contributed by atoms with Crippen molar-refractivity contribution >= 4 is 25.5 Å². The molecule has 2 atom stereocenters. The molecule has 0 aromatic heterocycles. The van der Waals surface area contributed by atoms with Gasteiger partial charge in [-0.05, 0) is 76.7 Å². The third-order valence-electron chi connectivity index (χ3n) is 8.04. The second-order valence-electron chi connectivity index (χ2n) is 13.2. The van der Waals surface area contributed by atoms with Gasteiger partial charge in [-0.25, -0.2) is 4.57 Å². The van der Waals surface area contributed by atoms with Crippen LogP contribution in [0, 0.1) is 0 Å². The average molecular weight is 778 g/mol. The average Bonchev–Trinajstić information content (AvgIpc) is 3.15. The lowest BCUT2D eigenvalue weighted by molar-refractivity contribution is -0.161. The quantitative estimate of drug-likeness (QED) is 0.0156. The maximum Gasteiger partial charge on any atom is 0.472 e. The highest BCUT2D eigenvalue weighted by Crippen LogP contribution is 2.43. The topological polar surface area (TPSA) is 151 Å². The van der Waals surface area contributed by atoms with E-state index in [2.05, 4.69) is 62.5 Å². The van der Waals surface area contributed by atoms with Crippen molar-refractivity contribution < 1.29 is 42.4 Å². The molecule has 0 aliphatic rings. The van der Waals surface area contributed by atoms with Gasteiger partial charge in [0.1, 0.15) is 6.61 Å². The van der Waals surface area contributed by atoms with Gasteiger partial charge in [0.2, 0.25) is 0 Å². The van der Waals surface area contributed by atoms with Crippen LogP contribution in [-0.4, -0.2) is 55.1 Å². The number of ether oxygens (including phenoxy) is 2. The van der Waals surface area contributed by atoms with Gasteiger partial charge in [-0.2, -0.15) is 0 Å². The van der Waals surface area contributed by atoms with Crippen molar-refractivity contribution in [2.75, 3.05) is 26.4 Å². The maximum atomic E-state index is 12.5. The highest BCUT2D eigenvalue weighted by atomic mass is 31.2. The molecule has 308 valence electrons. The molecule has 0 fully saturated rings. The van der Waals surface area contributed by atoms with Crippen LogP contribution in [-0.2, 0) is 37.5 Å². The Morgan fingerprint density at radius 3 is 1.76 bits per heavy atom. The lowest BCUT2D eigenvalue weighted by Gasteiger charge is -2.19. The fourth-order valence-electron chi connectivity index (χ4n) is 4.97. The first-order valence-electron chi connectivity index (χ1n) is 20.4. The third kappa shape index (κ3) is 37.4. The molecule has 3 N–H and O–H groups in total. The molecule has 54 heavy (non-hydrogen) atoms. The molecule has 0 bridgehead atoms. The van der Waals surface area contributed by atoms with E-state index < -0.39 is 32.5 Å². The Labute approximate surface area is 327 Å². The molecule has 1 unspecified atom stereocenters. The van der Waals surface area contributed by atoms with Crippen LogP contribution in [0.2, 0.25) is 0 Å². The standard InChI is InChI=1S/C43H72NO9P/c1-3-5-7-9-11-13-15-17-18-20-22-24-26-28-30-34-42(46)50-38-41(39-52-54(48,49)51-37-36-44)53-43(47)35-31-33-40(45)32-29-27-25-23-21-19-16-14-12-10-8-6-4-2/h11-14,17-19,21,25,27,29,32,41H,3-10,15-16,20,22-24,26,28,30-31,33-39,44H2,1-2H3,(H,48,49)/b13-11-,14-12-,18-17-,21-19-,27-25-,32-29+/t41-/m1/s1. The van der Waals surface area contributed by atoms with Crippen LogP contribution >= 0.6 is 7.82 Å². The van der Waals surface area contributed by atoms with Crippen molar-refractivity contribution in [3.63, 3.8) is 0 Å². The maximum absolute atomic E-state index is 12.5. The molecule has 0 rings (SSSR count). The fourth-order valence-corrected chi connectivity index (χ4v) is 5.73. The van der Waals surface area contributed by atoms with E-state index in [4.69, 9.17) is 24.3 Å². The summed E-state index contributed by atoms with van der Waals surface area (Å²) in [5.41, 5.74) is 5.32. The Balaban J connectivity index is 4.44. The van der Waals surface area contributed by atoms with Crippen molar-refractivity contribution in [3.8, 4) is 0 Å². The van der Waals surface area contributed by atoms with Gasteiger partial charge in [0.15, 0.2) is 11.9 Å². The Morgan fingerprint density at radius 2 is 1.15 bits per heavy atom. The van der Waals surface area contributed by atoms with Gasteiger partial charge in [0.05, 0.1) is 13.2 Å². The summed E-state index contributed by atoms with van der Waals surface area (Å²) in [6, 6.07) is 0. The molecule has 0 saturated heterocycles. The summed E-state index contributed by atoms with van der Waals surface area (Å²) in [5.74, 6) is -1.24. The molecule has 0 aromatic carbocycles. The first-order chi connectivity index (χ1) is 26.2. The van der Waals surface area contributed by atoms with Gasteiger partial charge in [-0.3, -0.25) is 23.4 Å². The lowest BCUT2D eigenvalue weighted by Crippen LogP contribution is -2.29. The van der Waals surface area contributed by atoms with Crippen molar-refractivity contribution in [1.29, 1.82) is 0 Å². The summed E-state index contributed by atoms with van der Waals surface area (Å²) in [6.45, 7) is 3.35. The molecule has 0 heterocycles. The number of nitrogens with two attached hydrogens (primary N) is 1. The van der Waals surface area contributed by atoms with E-state index in [-0.39, 0.29) is 51.2 Å². The number of phosphoric ester groups is 1. The normalized spacial score (nSPS) is 14.0. The Hall–Kier alpha value is -2.88. The predicted molar refractivity (Wildman–Crippen MR) is 220 cm³/mol. The lowest BCUT2D eigenvalue weighted by atomic mass is 10.1. The van der Waals surface area contributed by atoms with Crippen molar-refractivity contribution in [1.82, 2.24) is 0 Å². The Bertz CT molecular complexity index is 1180. The molecule has 10 nitrogen and oxygen atoms in total. The highest BCUT2D eigenvalue weighted by Gasteiger charge is 2.26. The van der Waals surface area contributed by atoms with Crippen LogP contribution in [0.1, 0.15) is 149 Å². The van der Waals surface area contributed by atoms with Gasteiger partial charge in [-0.1, -0.05) is 126 Å². The van der Waals surface area contributed by atoms with Crippen LogP contribution in [0.3, 0.4) is 0 Å². The molecule has 0 aliphatic heterocycles. The summed E-state index contributed by atoms with van der Waals surface area (Å²) >= 11 is 0. The smallest absolute Gasteiger partial charge is 0.462 e. The van der Waals surface area contributed by atoms with Crippen LogP contribution in [0.15, 0.2) is 72.9 Å². The minimum atomic E-state index is -4.45. The van der Waals surface area contributed by atoms with E-state index in [1.54, 1.807) is 6.08 Å². The minimum absolute atomic E-state index is 0.0109. The second kappa shape index (κ2) is 38.4. The van der Waals surface area contributed by atoms with Gasteiger partial charge in [0.25, 0.3) is 0 Å². The number of hydrogen-bond acceptors (Lipinski definition) is 9. The number of phosphoric acid groups is 1.